The number of hydrogen-bond donors (Lipinski definition) is 1. The van der Waals surface area contributed by atoms with Crippen LogP contribution in [0.2, 0.25) is 0 Å². The minimum absolute atomic E-state index is 0.231. The maximum atomic E-state index is 13.5. The molecule has 0 aliphatic rings. The molecule has 5 nitrogen and oxygen atoms in total. The summed E-state index contributed by atoms with van der Waals surface area (Å²) in [6, 6.07) is 21.4. The highest BCUT2D eigenvalue weighted by molar-refractivity contribution is 6.13. The standard InChI is InChI=1S/C27H26N2O3/c1-5-18-8-12-23-21(14-18)22(16-24(28-23)19-9-6-17(2)7-10-19)27(30)29-25-15-20(31-3)11-13-26(25)32-4/h6-16H,5H2,1-4H3,(H,29,30). The number of rotatable bonds is 6. The maximum Gasteiger partial charge on any atom is 0.256 e. The lowest BCUT2D eigenvalue weighted by Crippen LogP contribution is -2.14. The average Bonchev–Trinajstić information content (AvgIpc) is 2.83. The highest BCUT2D eigenvalue weighted by Crippen LogP contribution is 2.31. The van der Waals surface area contributed by atoms with Crippen molar-refractivity contribution in [1.29, 1.82) is 0 Å². The van der Waals surface area contributed by atoms with Gasteiger partial charge in [0.15, 0.2) is 0 Å². The lowest BCUT2D eigenvalue weighted by atomic mass is 10.0. The van der Waals surface area contributed by atoms with Crippen molar-refractivity contribution in [2.45, 2.75) is 20.3 Å². The van der Waals surface area contributed by atoms with Gasteiger partial charge in [0.1, 0.15) is 11.5 Å². The van der Waals surface area contributed by atoms with Gasteiger partial charge in [-0.1, -0.05) is 42.8 Å². The number of nitrogens with one attached hydrogen (secondary N) is 1. The Morgan fingerprint density at radius 3 is 2.41 bits per heavy atom. The zero-order valence-electron chi connectivity index (χ0n) is 18.7. The number of fused-ring (bicyclic) bond motifs is 1. The van der Waals surface area contributed by atoms with Crippen molar-refractivity contribution in [3.05, 3.63) is 83.4 Å². The Morgan fingerprint density at radius 1 is 0.938 bits per heavy atom. The summed E-state index contributed by atoms with van der Waals surface area (Å²) in [6.07, 6.45) is 0.875. The van der Waals surface area contributed by atoms with E-state index in [0.29, 0.717) is 22.7 Å². The number of aryl methyl sites for hydroxylation is 2. The first kappa shape index (κ1) is 21.4. The van der Waals surface area contributed by atoms with E-state index in [4.69, 9.17) is 14.5 Å². The molecule has 0 saturated carbocycles. The SMILES string of the molecule is CCc1ccc2nc(-c3ccc(C)cc3)cc(C(=O)Nc3cc(OC)ccc3OC)c2c1. The molecule has 3 aromatic carbocycles. The number of carbonyl (C=O) groups excluding carboxylic acids is 1. The maximum absolute atomic E-state index is 13.5. The number of methoxy groups -OCH3 is 2. The van der Waals surface area contributed by atoms with Gasteiger partial charge in [0.05, 0.1) is 36.7 Å². The predicted octanol–water partition coefficient (Wildman–Crippen LogP) is 6.04. The summed E-state index contributed by atoms with van der Waals surface area (Å²) >= 11 is 0. The van der Waals surface area contributed by atoms with Crippen LogP contribution in [0.15, 0.2) is 66.7 Å². The van der Waals surface area contributed by atoms with E-state index in [9.17, 15) is 4.79 Å². The largest absolute Gasteiger partial charge is 0.497 e. The third-order valence-electron chi connectivity index (χ3n) is 5.53. The predicted molar refractivity (Wildman–Crippen MR) is 129 cm³/mol. The molecule has 162 valence electrons. The van der Waals surface area contributed by atoms with Gasteiger partial charge in [0.2, 0.25) is 0 Å². The quantitative estimate of drug-likeness (QED) is 0.408. The third kappa shape index (κ3) is 4.28. The summed E-state index contributed by atoms with van der Waals surface area (Å²) in [4.78, 5) is 18.3. The third-order valence-corrected chi connectivity index (χ3v) is 5.53. The van der Waals surface area contributed by atoms with Crippen molar-refractivity contribution < 1.29 is 14.3 Å². The monoisotopic (exact) mass is 426 g/mol. The molecule has 0 fully saturated rings. The number of aromatic nitrogens is 1. The molecule has 5 heteroatoms. The fourth-order valence-corrected chi connectivity index (χ4v) is 3.65. The number of hydrogen-bond acceptors (Lipinski definition) is 4. The van der Waals surface area contributed by atoms with E-state index in [-0.39, 0.29) is 5.91 Å². The molecule has 0 aliphatic heterocycles. The van der Waals surface area contributed by atoms with Gasteiger partial charge in [-0.15, -0.1) is 0 Å². The lowest BCUT2D eigenvalue weighted by Gasteiger charge is -2.14. The van der Waals surface area contributed by atoms with Crippen LogP contribution in [0.3, 0.4) is 0 Å². The number of anilines is 1. The molecule has 1 amide bonds. The smallest absolute Gasteiger partial charge is 0.256 e. The second-order valence-corrected chi connectivity index (χ2v) is 7.65. The number of nitrogens with zero attached hydrogens (tertiary/aromatic N) is 1. The minimum atomic E-state index is -0.231. The minimum Gasteiger partial charge on any atom is -0.497 e. The fraction of sp³-hybridized carbons (Fsp3) is 0.185. The summed E-state index contributed by atoms with van der Waals surface area (Å²) in [5, 5.41) is 3.82. The van der Waals surface area contributed by atoms with Gasteiger partial charge >= 0.3 is 0 Å². The van der Waals surface area contributed by atoms with E-state index < -0.39 is 0 Å². The molecule has 0 spiro atoms. The van der Waals surface area contributed by atoms with Crippen LogP contribution in [0.4, 0.5) is 5.69 Å². The topological polar surface area (TPSA) is 60.5 Å². The van der Waals surface area contributed by atoms with Crippen LogP contribution in [0.25, 0.3) is 22.2 Å². The van der Waals surface area contributed by atoms with Crippen LogP contribution >= 0.6 is 0 Å². The van der Waals surface area contributed by atoms with Gasteiger partial charge < -0.3 is 14.8 Å². The zero-order valence-corrected chi connectivity index (χ0v) is 18.7. The van der Waals surface area contributed by atoms with Gasteiger partial charge in [-0.25, -0.2) is 4.98 Å². The second kappa shape index (κ2) is 9.10. The molecule has 4 aromatic rings. The Bertz CT molecular complexity index is 1280. The molecule has 1 N–H and O–H groups in total. The van der Waals surface area contributed by atoms with Crippen molar-refractivity contribution in [2.24, 2.45) is 0 Å². The van der Waals surface area contributed by atoms with E-state index in [0.717, 1.165) is 34.1 Å². The molecule has 0 saturated heterocycles. The van der Waals surface area contributed by atoms with Crippen molar-refractivity contribution in [2.75, 3.05) is 19.5 Å². The normalized spacial score (nSPS) is 10.8. The van der Waals surface area contributed by atoms with Crippen LogP contribution < -0.4 is 14.8 Å². The Labute approximate surface area is 188 Å². The molecule has 0 unspecified atom stereocenters. The molecule has 32 heavy (non-hydrogen) atoms. The van der Waals surface area contributed by atoms with E-state index in [1.165, 1.54) is 5.56 Å². The summed E-state index contributed by atoms with van der Waals surface area (Å²) in [5.74, 6) is 0.963. The highest BCUT2D eigenvalue weighted by Gasteiger charge is 2.17. The molecular formula is C27H26N2O3. The Morgan fingerprint density at radius 2 is 1.72 bits per heavy atom. The molecule has 1 heterocycles. The van der Waals surface area contributed by atoms with Crippen LogP contribution in [0, 0.1) is 6.92 Å². The van der Waals surface area contributed by atoms with E-state index in [1.807, 2.05) is 49.4 Å². The molecule has 4 rings (SSSR count). The first-order chi connectivity index (χ1) is 15.5. The number of amides is 1. The second-order valence-electron chi connectivity index (χ2n) is 7.65. The molecule has 0 aliphatic carbocycles. The van der Waals surface area contributed by atoms with Crippen LogP contribution in [-0.2, 0) is 6.42 Å². The van der Waals surface area contributed by atoms with E-state index in [1.54, 1.807) is 32.4 Å². The highest BCUT2D eigenvalue weighted by atomic mass is 16.5. The summed E-state index contributed by atoms with van der Waals surface area (Å²) in [7, 11) is 3.16. The van der Waals surface area contributed by atoms with E-state index >= 15 is 0 Å². The van der Waals surface area contributed by atoms with Crippen molar-refractivity contribution in [3.8, 4) is 22.8 Å². The number of benzene rings is 3. The first-order valence-corrected chi connectivity index (χ1v) is 10.6. The number of pyridine rings is 1. The Kier molecular flexibility index (Phi) is 6.08. The van der Waals surface area contributed by atoms with Crippen molar-refractivity contribution in [1.82, 2.24) is 4.98 Å². The van der Waals surface area contributed by atoms with E-state index in [2.05, 4.69) is 18.3 Å². The van der Waals surface area contributed by atoms with Crippen LogP contribution in [0.5, 0.6) is 11.5 Å². The van der Waals surface area contributed by atoms with Gasteiger partial charge in [-0.3, -0.25) is 4.79 Å². The van der Waals surface area contributed by atoms with Gasteiger partial charge in [0, 0.05) is 17.0 Å². The van der Waals surface area contributed by atoms with Gasteiger partial charge in [-0.2, -0.15) is 0 Å². The zero-order chi connectivity index (χ0) is 22.7. The van der Waals surface area contributed by atoms with Crippen molar-refractivity contribution >= 4 is 22.5 Å². The van der Waals surface area contributed by atoms with Crippen LogP contribution in [-0.4, -0.2) is 25.1 Å². The van der Waals surface area contributed by atoms with Gasteiger partial charge in [0.25, 0.3) is 5.91 Å². The first-order valence-electron chi connectivity index (χ1n) is 10.6. The lowest BCUT2D eigenvalue weighted by molar-refractivity contribution is 0.102. The molecule has 0 atom stereocenters. The molecule has 0 bridgehead atoms. The Balaban J connectivity index is 1.84. The Hall–Kier alpha value is -3.86. The summed E-state index contributed by atoms with van der Waals surface area (Å²) in [5.41, 5.74) is 5.93. The average molecular weight is 427 g/mol. The molecular weight excluding hydrogens is 400 g/mol. The summed E-state index contributed by atoms with van der Waals surface area (Å²) < 4.78 is 10.7. The number of ether oxygens (including phenoxy) is 2. The number of carbonyl (C=O) groups is 1. The van der Waals surface area contributed by atoms with Crippen LogP contribution in [0.1, 0.15) is 28.4 Å². The summed E-state index contributed by atoms with van der Waals surface area (Å²) in [6.45, 7) is 4.14. The molecule has 1 aromatic heterocycles. The van der Waals surface area contributed by atoms with Gasteiger partial charge in [-0.05, 0) is 49.2 Å². The molecule has 0 radical (unpaired) electrons. The fourth-order valence-electron chi connectivity index (χ4n) is 3.65. The van der Waals surface area contributed by atoms with Crippen molar-refractivity contribution in [3.63, 3.8) is 0 Å².